The topological polar surface area (TPSA) is 98.7 Å². The average molecular weight is 273 g/mol. The smallest absolute Gasteiger partial charge is 0.317 e. The maximum atomic E-state index is 11.7. The summed E-state index contributed by atoms with van der Waals surface area (Å²) in [6, 6.07) is -1.16. The van der Waals surface area contributed by atoms with Crippen molar-refractivity contribution in [2.45, 2.75) is 45.7 Å². The van der Waals surface area contributed by atoms with Crippen LogP contribution in [0.3, 0.4) is 0 Å². The zero-order valence-electron chi connectivity index (χ0n) is 12.1. The van der Waals surface area contributed by atoms with E-state index in [9.17, 15) is 14.4 Å². The molecule has 0 heterocycles. The van der Waals surface area contributed by atoms with Gasteiger partial charge in [-0.05, 0) is 27.7 Å². The normalized spacial score (nSPS) is 12.5. The summed E-state index contributed by atoms with van der Waals surface area (Å²) in [5.41, 5.74) is -0.370. The van der Waals surface area contributed by atoms with Gasteiger partial charge in [0.2, 0.25) is 5.91 Å². The van der Waals surface area contributed by atoms with Crippen molar-refractivity contribution in [2.24, 2.45) is 0 Å². The molecule has 0 aromatic carbocycles. The highest BCUT2D eigenvalue weighted by Gasteiger charge is 2.21. The molecular weight excluding hydrogens is 250 g/mol. The lowest BCUT2D eigenvalue weighted by Gasteiger charge is -2.25. The summed E-state index contributed by atoms with van der Waals surface area (Å²) >= 11 is 0. The summed E-state index contributed by atoms with van der Waals surface area (Å²) in [6.45, 7) is 7.20. The summed E-state index contributed by atoms with van der Waals surface area (Å²) in [5, 5.41) is 13.8. The molecule has 0 aromatic heterocycles. The fourth-order valence-electron chi connectivity index (χ4n) is 1.20. The minimum Gasteiger partial charge on any atom is -0.481 e. The molecule has 0 spiro atoms. The Balaban J connectivity index is 4.24. The first-order valence-corrected chi connectivity index (χ1v) is 6.08. The van der Waals surface area contributed by atoms with E-state index in [1.165, 1.54) is 11.9 Å². The number of hydrogen-bond donors (Lipinski definition) is 3. The van der Waals surface area contributed by atoms with Crippen LogP contribution in [-0.4, -0.2) is 53.1 Å². The van der Waals surface area contributed by atoms with Gasteiger partial charge in [0, 0.05) is 19.1 Å². The van der Waals surface area contributed by atoms with Crippen LogP contribution in [0.5, 0.6) is 0 Å². The number of urea groups is 1. The number of aliphatic carboxylic acids is 1. The van der Waals surface area contributed by atoms with Gasteiger partial charge in [-0.2, -0.15) is 0 Å². The van der Waals surface area contributed by atoms with Crippen LogP contribution in [0, 0.1) is 0 Å². The van der Waals surface area contributed by atoms with E-state index in [0.717, 1.165) is 0 Å². The molecule has 7 nitrogen and oxygen atoms in total. The van der Waals surface area contributed by atoms with Crippen LogP contribution in [0.25, 0.3) is 0 Å². The largest absolute Gasteiger partial charge is 0.481 e. The Bertz CT molecular complexity index is 349. The van der Waals surface area contributed by atoms with Crippen LogP contribution >= 0.6 is 0 Å². The monoisotopic (exact) mass is 273 g/mol. The molecule has 19 heavy (non-hydrogen) atoms. The van der Waals surface area contributed by atoms with Crippen molar-refractivity contribution in [1.29, 1.82) is 0 Å². The Morgan fingerprint density at radius 3 is 2.21 bits per heavy atom. The van der Waals surface area contributed by atoms with Crippen LogP contribution in [-0.2, 0) is 9.59 Å². The van der Waals surface area contributed by atoms with Crippen molar-refractivity contribution in [3.05, 3.63) is 0 Å². The fraction of sp³-hybridized carbons (Fsp3) is 0.750. The van der Waals surface area contributed by atoms with Gasteiger partial charge in [-0.3, -0.25) is 9.59 Å². The van der Waals surface area contributed by atoms with Gasteiger partial charge in [-0.25, -0.2) is 4.79 Å². The first-order chi connectivity index (χ1) is 8.53. The molecule has 3 amide bonds. The molecule has 110 valence electrons. The van der Waals surface area contributed by atoms with Crippen molar-refractivity contribution in [2.75, 3.05) is 13.6 Å². The Kier molecular flexibility index (Phi) is 6.31. The first kappa shape index (κ1) is 17.2. The van der Waals surface area contributed by atoms with Gasteiger partial charge in [0.1, 0.15) is 6.04 Å². The highest BCUT2D eigenvalue weighted by atomic mass is 16.4. The number of rotatable bonds is 5. The number of nitrogens with one attached hydrogen (secondary N) is 2. The second kappa shape index (κ2) is 6.96. The minimum atomic E-state index is -0.974. The molecule has 0 aliphatic rings. The van der Waals surface area contributed by atoms with Gasteiger partial charge in [0.05, 0.1) is 6.42 Å². The van der Waals surface area contributed by atoms with Gasteiger partial charge >= 0.3 is 12.0 Å². The predicted octanol–water partition coefficient (Wildman–Crippen LogP) is 0.406. The fourth-order valence-corrected chi connectivity index (χ4v) is 1.20. The van der Waals surface area contributed by atoms with Gasteiger partial charge < -0.3 is 20.6 Å². The Hall–Kier alpha value is -1.79. The number of nitrogens with zero attached hydrogens (tertiary/aromatic N) is 1. The van der Waals surface area contributed by atoms with Crippen molar-refractivity contribution in [3.63, 3.8) is 0 Å². The summed E-state index contributed by atoms with van der Waals surface area (Å²) in [5.74, 6) is -1.26. The molecule has 0 fully saturated rings. The first-order valence-electron chi connectivity index (χ1n) is 6.08. The quantitative estimate of drug-likeness (QED) is 0.675. The summed E-state index contributed by atoms with van der Waals surface area (Å²) in [4.78, 5) is 35.0. The number of carbonyl (C=O) groups is 3. The molecule has 0 rings (SSSR count). The van der Waals surface area contributed by atoms with E-state index in [4.69, 9.17) is 5.11 Å². The van der Waals surface area contributed by atoms with E-state index in [1.807, 2.05) is 20.8 Å². The molecule has 1 unspecified atom stereocenters. The van der Waals surface area contributed by atoms with E-state index in [2.05, 4.69) is 10.6 Å². The van der Waals surface area contributed by atoms with Crippen molar-refractivity contribution in [3.8, 4) is 0 Å². The van der Waals surface area contributed by atoms with Crippen LogP contribution in [0.1, 0.15) is 34.1 Å². The second-order valence-corrected chi connectivity index (χ2v) is 5.48. The lowest BCUT2D eigenvalue weighted by molar-refractivity contribution is -0.137. The SMILES string of the molecule is CC(NC(=O)N(C)CCC(=O)O)C(=O)NC(C)(C)C. The molecule has 0 aliphatic carbocycles. The number of carboxylic acids is 1. The van der Waals surface area contributed by atoms with E-state index in [-0.39, 0.29) is 24.4 Å². The minimum absolute atomic E-state index is 0.0920. The molecule has 0 aromatic rings. The third-order valence-electron chi connectivity index (χ3n) is 2.24. The van der Waals surface area contributed by atoms with E-state index in [0.29, 0.717) is 0 Å². The van der Waals surface area contributed by atoms with Crippen molar-refractivity contribution >= 4 is 17.9 Å². The Morgan fingerprint density at radius 2 is 1.79 bits per heavy atom. The third kappa shape index (κ3) is 8.01. The molecule has 0 aliphatic heterocycles. The average Bonchev–Trinajstić information content (AvgIpc) is 2.23. The highest BCUT2D eigenvalue weighted by molar-refractivity contribution is 5.87. The van der Waals surface area contributed by atoms with Gasteiger partial charge in [-0.15, -0.1) is 0 Å². The highest BCUT2D eigenvalue weighted by Crippen LogP contribution is 1.99. The molecular formula is C12H23N3O4. The van der Waals surface area contributed by atoms with Crippen LogP contribution in [0.2, 0.25) is 0 Å². The van der Waals surface area contributed by atoms with Crippen LogP contribution in [0.4, 0.5) is 4.79 Å². The molecule has 3 N–H and O–H groups in total. The van der Waals surface area contributed by atoms with Crippen LogP contribution in [0.15, 0.2) is 0 Å². The Labute approximate surface area is 113 Å². The Morgan fingerprint density at radius 1 is 1.26 bits per heavy atom. The number of carboxylic acid groups (broad SMARTS) is 1. The number of carbonyl (C=O) groups excluding carboxylic acids is 2. The van der Waals surface area contributed by atoms with Crippen molar-refractivity contribution < 1.29 is 19.5 Å². The third-order valence-corrected chi connectivity index (χ3v) is 2.24. The molecule has 0 saturated heterocycles. The van der Waals surface area contributed by atoms with Crippen LogP contribution < -0.4 is 10.6 Å². The van der Waals surface area contributed by atoms with Gasteiger partial charge in [0.15, 0.2) is 0 Å². The molecule has 7 heteroatoms. The zero-order valence-corrected chi connectivity index (χ0v) is 12.1. The molecule has 1 atom stereocenters. The lowest BCUT2D eigenvalue weighted by Crippen LogP contribution is -2.53. The molecule has 0 radical (unpaired) electrons. The summed E-state index contributed by atoms with van der Waals surface area (Å²) in [7, 11) is 1.48. The van der Waals surface area contributed by atoms with E-state index < -0.39 is 18.0 Å². The number of amides is 3. The van der Waals surface area contributed by atoms with E-state index in [1.54, 1.807) is 6.92 Å². The second-order valence-electron chi connectivity index (χ2n) is 5.48. The lowest BCUT2D eigenvalue weighted by atomic mass is 10.1. The predicted molar refractivity (Wildman–Crippen MR) is 70.8 cm³/mol. The van der Waals surface area contributed by atoms with Crippen molar-refractivity contribution in [1.82, 2.24) is 15.5 Å². The standard InChI is InChI=1S/C12H23N3O4/c1-8(10(18)14-12(2,3)4)13-11(19)15(5)7-6-9(16)17/h8H,6-7H2,1-5H3,(H,13,19)(H,14,18)(H,16,17). The maximum absolute atomic E-state index is 11.7. The number of hydrogen-bond acceptors (Lipinski definition) is 3. The summed E-state index contributed by atoms with van der Waals surface area (Å²) < 4.78 is 0. The zero-order chi connectivity index (χ0) is 15.2. The molecule has 0 bridgehead atoms. The van der Waals surface area contributed by atoms with E-state index >= 15 is 0 Å². The van der Waals surface area contributed by atoms with Gasteiger partial charge in [0.25, 0.3) is 0 Å². The maximum Gasteiger partial charge on any atom is 0.317 e. The van der Waals surface area contributed by atoms with Gasteiger partial charge in [-0.1, -0.05) is 0 Å². The molecule has 0 saturated carbocycles. The summed E-state index contributed by atoms with van der Waals surface area (Å²) in [6.07, 6.45) is -0.132.